The number of benzene rings is 4. The summed E-state index contributed by atoms with van der Waals surface area (Å²) in [4.78, 5) is 17.8. The molecule has 4 aromatic carbocycles. The van der Waals surface area contributed by atoms with Gasteiger partial charge in [0.1, 0.15) is 5.82 Å². The van der Waals surface area contributed by atoms with Gasteiger partial charge in [-0.1, -0.05) is 96.0 Å². The Morgan fingerprint density at radius 2 is 1.47 bits per heavy atom. The maximum atomic E-state index is 13.0. The van der Waals surface area contributed by atoms with Crippen LogP contribution < -0.4 is 5.32 Å². The number of fused-ring (bicyclic) bond motifs is 1. The molecule has 0 aliphatic heterocycles. The van der Waals surface area contributed by atoms with Crippen molar-refractivity contribution in [3.63, 3.8) is 0 Å². The summed E-state index contributed by atoms with van der Waals surface area (Å²) >= 11 is 12.9. The number of halogens is 2. The molecule has 5 aromatic rings. The van der Waals surface area contributed by atoms with Crippen LogP contribution in [0, 0.1) is 0 Å². The average molecular weight is 514 g/mol. The van der Waals surface area contributed by atoms with Gasteiger partial charge in [0.15, 0.2) is 0 Å². The maximum absolute atomic E-state index is 13.0. The summed E-state index contributed by atoms with van der Waals surface area (Å²) in [5, 5.41) is 4.32. The Labute approximate surface area is 220 Å². The number of para-hydroxylation sites is 2. The van der Waals surface area contributed by atoms with Gasteiger partial charge in [-0.15, -0.1) is 0 Å². The lowest BCUT2D eigenvalue weighted by Gasteiger charge is -2.17. The van der Waals surface area contributed by atoms with Crippen LogP contribution in [0.25, 0.3) is 22.2 Å². The molecule has 6 heteroatoms. The van der Waals surface area contributed by atoms with Crippen molar-refractivity contribution in [3.8, 4) is 11.1 Å². The van der Waals surface area contributed by atoms with Crippen molar-refractivity contribution in [1.29, 1.82) is 0 Å². The van der Waals surface area contributed by atoms with E-state index in [9.17, 15) is 4.79 Å². The third kappa shape index (κ3) is 5.15. The minimum absolute atomic E-state index is 0.0654. The number of imidazole rings is 1. The predicted molar refractivity (Wildman–Crippen MR) is 147 cm³/mol. The first-order valence-corrected chi connectivity index (χ1v) is 12.6. The molecule has 1 heterocycles. The quantitative estimate of drug-likeness (QED) is 0.245. The molecule has 0 radical (unpaired) electrons. The molecule has 0 fully saturated rings. The summed E-state index contributed by atoms with van der Waals surface area (Å²) in [6.07, 6.45) is 0.288. The molecule has 1 aromatic heterocycles. The highest BCUT2D eigenvalue weighted by Crippen LogP contribution is 2.29. The molecule has 1 amide bonds. The van der Waals surface area contributed by atoms with E-state index in [4.69, 9.17) is 28.2 Å². The Hall–Kier alpha value is -3.60. The largest absolute Gasteiger partial charge is 0.346 e. The van der Waals surface area contributed by atoms with Crippen LogP contribution in [0.4, 0.5) is 0 Å². The van der Waals surface area contributed by atoms with Gasteiger partial charge in [-0.05, 0) is 47.9 Å². The summed E-state index contributed by atoms with van der Waals surface area (Å²) in [6.45, 7) is 2.40. The van der Waals surface area contributed by atoms with Gasteiger partial charge in [0, 0.05) is 15.6 Å². The van der Waals surface area contributed by atoms with E-state index in [1.807, 2.05) is 91.9 Å². The van der Waals surface area contributed by atoms with Crippen molar-refractivity contribution in [2.24, 2.45) is 0 Å². The van der Waals surface area contributed by atoms with Crippen molar-refractivity contribution in [2.45, 2.75) is 25.9 Å². The van der Waals surface area contributed by atoms with Crippen LogP contribution in [0.1, 0.15) is 29.9 Å². The smallest absolute Gasteiger partial charge is 0.224 e. The van der Waals surface area contributed by atoms with Gasteiger partial charge in [-0.3, -0.25) is 4.79 Å². The zero-order valence-electron chi connectivity index (χ0n) is 19.8. The Morgan fingerprint density at radius 1 is 0.833 bits per heavy atom. The lowest BCUT2D eigenvalue weighted by molar-refractivity contribution is -0.121. The molecular formula is C30H25Cl2N3O. The number of aromatic nitrogens is 2. The van der Waals surface area contributed by atoms with Gasteiger partial charge < -0.3 is 9.88 Å². The molecule has 0 saturated heterocycles. The Balaban J connectivity index is 1.35. The normalized spacial score (nSPS) is 12.0. The zero-order chi connectivity index (χ0) is 25.1. The van der Waals surface area contributed by atoms with Crippen LogP contribution in [-0.4, -0.2) is 15.5 Å². The third-order valence-corrected chi connectivity index (χ3v) is 6.96. The number of hydrogen-bond donors (Lipinski definition) is 1. The number of rotatable bonds is 7. The van der Waals surface area contributed by atoms with E-state index in [0.717, 1.165) is 39.1 Å². The molecule has 5 rings (SSSR count). The summed E-state index contributed by atoms with van der Waals surface area (Å²) in [7, 11) is 0. The average Bonchev–Trinajstić information content (AvgIpc) is 3.26. The van der Waals surface area contributed by atoms with Crippen molar-refractivity contribution < 1.29 is 4.79 Å². The molecule has 1 N–H and O–H groups in total. The van der Waals surface area contributed by atoms with Crippen LogP contribution in [0.3, 0.4) is 0 Å². The van der Waals surface area contributed by atoms with Crippen molar-refractivity contribution in [1.82, 2.24) is 14.9 Å². The van der Waals surface area contributed by atoms with Crippen LogP contribution in [0.15, 0.2) is 97.1 Å². The van der Waals surface area contributed by atoms with Gasteiger partial charge >= 0.3 is 0 Å². The van der Waals surface area contributed by atoms with Gasteiger partial charge in [0.25, 0.3) is 0 Å². The second-order valence-electron chi connectivity index (χ2n) is 8.77. The molecule has 180 valence electrons. The molecule has 0 bridgehead atoms. The van der Waals surface area contributed by atoms with E-state index in [1.54, 1.807) is 0 Å². The number of carbonyl (C=O) groups excluding carboxylic acids is 1. The fourth-order valence-corrected chi connectivity index (χ4v) is 4.94. The van der Waals surface area contributed by atoms with E-state index in [2.05, 4.69) is 22.0 Å². The van der Waals surface area contributed by atoms with E-state index in [0.29, 0.717) is 16.6 Å². The minimum Gasteiger partial charge on any atom is -0.346 e. The molecule has 4 nitrogen and oxygen atoms in total. The minimum atomic E-state index is -0.310. The summed E-state index contributed by atoms with van der Waals surface area (Å²) in [5.41, 5.74) is 5.87. The predicted octanol–water partition coefficient (Wildman–Crippen LogP) is 7.48. The molecule has 0 spiro atoms. The van der Waals surface area contributed by atoms with Crippen molar-refractivity contribution in [2.75, 3.05) is 0 Å². The van der Waals surface area contributed by atoms with Gasteiger partial charge in [0.2, 0.25) is 5.91 Å². The Morgan fingerprint density at radius 3 is 2.19 bits per heavy atom. The fourth-order valence-electron chi connectivity index (χ4n) is 4.42. The fraction of sp³-hybridized carbons (Fsp3) is 0.133. The molecule has 0 saturated carbocycles. The summed E-state index contributed by atoms with van der Waals surface area (Å²) in [6, 6.07) is 31.4. The highest BCUT2D eigenvalue weighted by atomic mass is 35.5. The van der Waals surface area contributed by atoms with Crippen molar-refractivity contribution >= 4 is 40.1 Å². The van der Waals surface area contributed by atoms with E-state index >= 15 is 0 Å². The van der Waals surface area contributed by atoms with Gasteiger partial charge in [-0.25, -0.2) is 4.98 Å². The van der Waals surface area contributed by atoms with Gasteiger partial charge in [-0.2, -0.15) is 0 Å². The lowest BCUT2D eigenvalue weighted by atomic mass is 10.0. The number of hydrogen-bond acceptors (Lipinski definition) is 2. The molecular weight excluding hydrogens is 489 g/mol. The molecule has 0 aliphatic rings. The number of amides is 1. The Bertz CT molecular complexity index is 1490. The lowest BCUT2D eigenvalue weighted by Crippen LogP contribution is -2.30. The highest BCUT2D eigenvalue weighted by molar-refractivity contribution is 6.36. The first-order valence-electron chi connectivity index (χ1n) is 11.8. The number of carbonyl (C=O) groups is 1. The van der Waals surface area contributed by atoms with Crippen molar-refractivity contribution in [3.05, 3.63) is 124 Å². The second-order valence-corrected chi connectivity index (χ2v) is 9.59. The maximum Gasteiger partial charge on any atom is 0.224 e. The SMILES string of the molecule is CC(NC(=O)Cc1ccc(-c2ccccc2)cc1)c1nc2ccccc2n1Cc1c(Cl)cccc1Cl. The molecule has 1 unspecified atom stereocenters. The summed E-state index contributed by atoms with van der Waals surface area (Å²) < 4.78 is 2.07. The highest BCUT2D eigenvalue weighted by Gasteiger charge is 2.20. The topological polar surface area (TPSA) is 46.9 Å². The standard InChI is InChI=1S/C30H25Cl2N3O/c1-20(33-29(36)18-21-14-16-23(17-15-21)22-8-3-2-4-9-22)30-34-27-12-5-6-13-28(27)35(30)19-24-25(31)10-7-11-26(24)32/h2-17,20H,18-19H2,1H3,(H,33,36). The molecule has 36 heavy (non-hydrogen) atoms. The Kier molecular flexibility index (Phi) is 7.08. The van der Waals surface area contributed by atoms with E-state index < -0.39 is 0 Å². The first-order chi connectivity index (χ1) is 17.5. The van der Waals surface area contributed by atoms with E-state index in [-0.39, 0.29) is 18.4 Å². The van der Waals surface area contributed by atoms with Crippen LogP contribution in [-0.2, 0) is 17.8 Å². The van der Waals surface area contributed by atoms with Gasteiger partial charge in [0.05, 0.1) is 30.0 Å². The third-order valence-electron chi connectivity index (χ3n) is 6.25. The monoisotopic (exact) mass is 513 g/mol. The molecule has 1 atom stereocenters. The van der Waals surface area contributed by atoms with Crippen LogP contribution >= 0.6 is 23.2 Å². The molecule has 0 aliphatic carbocycles. The van der Waals surface area contributed by atoms with E-state index in [1.165, 1.54) is 0 Å². The number of nitrogens with one attached hydrogen (secondary N) is 1. The van der Waals surface area contributed by atoms with Crippen LogP contribution in [0.2, 0.25) is 10.0 Å². The number of nitrogens with zero attached hydrogens (tertiary/aromatic N) is 2. The second kappa shape index (κ2) is 10.6. The van der Waals surface area contributed by atoms with Crippen LogP contribution in [0.5, 0.6) is 0 Å². The summed E-state index contributed by atoms with van der Waals surface area (Å²) in [5.74, 6) is 0.685. The first kappa shape index (κ1) is 24.1. The zero-order valence-corrected chi connectivity index (χ0v) is 21.3.